The fraction of sp³-hybridized carbons (Fsp3) is 0.0222. The molecule has 2 heterocycles. The van der Waals surface area contributed by atoms with Crippen LogP contribution in [0.1, 0.15) is 5.69 Å². The SMILES string of the molecule is Cc1ccc(-c2ccc(-c3nc(-c4ccc(-c5ccccc5)cc4)nc(-c4ccc(-c5ccccc5)cc4)n3)cc2)c(-c2ccccc2)n1. The minimum Gasteiger partial charge on any atom is -0.252 e. The summed E-state index contributed by atoms with van der Waals surface area (Å²) in [4.78, 5) is 19.9. The lowest BCUT2D eigenvalue weighted by Crippen LogP contribution is -2.00. The van der Waals surface area contributed by atoms with Crippen LogP contribution >= 0.6 is 0 Å². The highest BCUT2D eigenvalue weighted by Crippen LogP contribution is 2.33. The van der Waals surface area contributed by atoms with Crippen molar-refractivity contribution in [2.75, 3.05) is 0 Å². The summed E-state index contributed by atoms with van der Waals surface area (Å²) < 4.78 is 0. The van der Waals surface area contributed by atoms with Crippen LogP contribution in [0.2, 0.25) is 0 Å². The molecule has 0 aliphatic rings. The Balaban J connectivity index is 1.19. The highest BCUT2D eigenvalue weighted by Gasteiger charge is 2.15. The standard InChI is InChI=1S/C45H32N4/c1-31-17-30-41(42(46-31)37-15-9-4-10-16-37)36-22-28-40(29-23-36)45-48-43(38-24-18-34(19-25-38)32-11-5-2-6-12-32)47-44(49-45)39-26-20-35(21-27-39)33-13-7-3-8-14-33/h2-30H,1H3. The molecule has 0 unspecified atom stereocenters. The van der Waals surface area contributed by atoms with Crippen molar-refractivity contribution >= 4 is 0 Å². The van der Waals surface area contributed by atoms with Gasteiger partial charge in [0.2, 0.25) is 0 Å². The van der Waals surface area contributed by atoms with Gasteiger partial charge in [-0.1, -0.05) is 170 Å². The molecule has 4 nitrogen and oxygen atoms in total. The van der Waals surface area contributed by atoms with Crippen molar-refractivity contribution in [1.29, 1.82) is 0 Å². The molecular formula is C45H32N4. The summed E-state index contributed by atoms with van der Waals surface area (Å²) in [5, 5.41) is 0. The molecule has 0 saturated heterocycles. The van der Waals surface area contributed by atoms with Crippen LogP contribution in [0.15, 0.2) is 176 Å². The third-order valence-corrected chi connectivity index (χ3v) is 8.67. The molecule has 0 bridgehead atoms. The van der Waals surface area contributed by atoms with Gasteiger partial charge in [0.25, 0.3) is 0 Å². The summed E-state index contributed by atoms with van der Waals surface area (Å²) in [5.41, 5.74) is 12.6. The van der Waals surface area contributed by atoms with Crippen LogP contribution in [0.3, 0.4) is 0 Å². The first-order valence-corrected chi connectivity index (χ1v) is 16.4. The molecule has 8 rings (SSSR count). The zero-order chi connectivity index (χ0) is 33.0. The molecular weight excluding hydrogens is 597 g/mol. The van der Waals surface area contributed by atoms with Crippen molar-refractivity contribution in [3.05, 3.63) is 182 Å². The van der Waals surface area contributed by atoms with Crippen LogP contribution in [0.5, 0.6) is 0 Å². The zero-order valence-electron chi connectivity index (χ0n) is 27.0. The van der Waals surface area contributed by atoms with E-state index in [2.05, 4.69) is 146 Å². The Morgan fingerprint density at radius 3 is 1.00 bits per heavy atom. The molecule has 0 aliphatic heterocycles. The van der Waals surface area contributed by atoms with Gasteiger partial charge in [-0.05, 0) is 40.8 Å². The normalized spacial score (nSPS) is 11.0. The number of benzene rings is 6. The summed E-state index contributed by atoms with van der Waals surface area (Å²) in [6.07, 6.45) is 0. The summed E-state index contributed by atoms with van der Waals surface area (Å²) in [6, 6.07) is 60.6. The number of hydrogen-bond donors (Lipinski definition) is 0. The van der Waals surface area contributed by atoms with E-state index in [1.807, 2.05) is 37.3 Å². The zero-order valence-corrected chi connectivity index (χ0v) is 27.0. The quantitative estimate of drug-likeness (QED) is 0.176. The second-order valence-corrected chi connectivity index (χ2v) is 12.0. The molecule has 0 radical (unpaired) electrons. The maximum atomic E-state index is 5.01. The minimum atomic E-state index is 0.621. The first-order chi connectivity index (χ1) is 24.2. The van der Waals surface area contributed by atoms with E-state index in [9.17, 15) is 0 Å². The van der Waals surface area contributed by atoms with Gasteiger partial charge < -0.3 is 0 Å². The number of pyridine rings is 1. The third-order valence-electron chi connectivity index (χ3n) is 8.67. The van der Waals surface area contributed by atoms with Crippen LogP contribution in [0, 0.1) is 6.92 Å². The smallest absolute Gasteiger partial charge is 0.164 e. The van der Waals surface area contributed by atoms with Crippen LogP contribution in [-0.4, -0.2) is 19.9 Å². The van der Waals surface area contributed by atoms with Gasteiger partial charge in [0.1, 0.15) is 0 Å². The van der Waals surface area contributed by atoms with Gasteiger partial charge in [0.05, 0.1) is 5.69 Å². The van der Waals surface area contributed by atoms with Crippen molar-refractivity contribution in [3.8, 4) is 78.8 Å². The predicted octanol–water partition coefficient (Wildman–Crippen LogP) is 11.2. The number of nitrogens with zero attached hydrogens (tertiary/aromatic N) is 4. The summed E-state index contributed by atoms with van der Waals surface area (Å²) in [5.74, 6) is 1.88. The summed E-state index contributed by atoms with van der Waals surface area (Å²) >= 11 is 0. The molecule has 0 saturated carbocycles. The Morgan fingerprint density at radius 2 is 0.592 bits per heavy atom. The Hall–Kier alpha value is -6.52. The van der Waals surface area contributed by atoms with Crippen molar-refractivity contribution in [2.45, 2.75) is 6.92 Å². The fourth-order valence-corrected chi connectivity index (χ4v) is 6.05. The molecule has 2 aromatic heterocycles. The van der Waals surface area contributed by atoms with E-state index in [1.165, 1.54) is 11.1 Å². The maximum Gasteiger partial charge on any atom is 0.164 e. The second kappa shape index (κ2) is 13.3. The van der Waals surface area contributed by atoms with Crippen LogP contribution in [0.25, 0.3) is 78.8 Å². The largest absolute Gasteiger partial charge is 0.252 e. The molecule has 4 heteroatoms. The number of aryl methyl sites for hydroxylation is 1. The highest BCUT2D eigenvalue weighted by molar-refractivity contribution is 5.82. The topological polar surface area (TPSA) is 51.6 Å². The highest BCUT2D eigenvalue weighted by atomic mass is 15.0. The van der Waals surface area contributed by atoms with E-state index in [4.69, 9.17) is 19.9 Å². The first-order valence-electron chi connectivity index (χ1n) is 16.4. The Bertz CT molecular complexity index is 2230. The average molecular weight is 629 g/mol. The van der Waals surface area contributed by atoms with Crippen LogP contribution in [-0.2, 0) is 0 Å². The van der Waals surface area contributed by atoms with E-state index >= 15 is 0 Å². The fourth-order valence-electron chi connectivity index (χ4n) is 6.05. The molecule has 0 atom stereocenters. The van der Waals surface area contributed by atoms with Gasteiger partial charge in [-0.15, -0.1) is 0 Å². The lowest BCUT2D eigenvalue weighted by Gasteiger charge is -2.12. The van der Waals surface area contributed by atoms with Gasteiger partial charge >= 0.3 is 0 Å². The van der Waals surface area contributed by atoms with Gasteiger partial charge in [0, 0.05) is 33.5 Å². The van der Waals surface area contributed by atoms with Crippen molar-refractivity contribution in [2.24, 2.45) is 0 Å². The van der Waals surface area contributed by atoms with Crippen LogP contribution in [0.4, 0.5) is 0 Å². The lowest BCUT2D eigenvalue weighted by atomic mass is 9.98. The lowest BCUT2D eigenvalue weighted by molar-refractivity contribution is 1.07. The van der Waals surface area contributed by atoms with Crippen molar-refractivity contribution in [1.82, 2.24) is 19.9 Å². The molecule has 0 fully saturated rings. The third kappa shape index (κ3) is 6.40. The second-order valence-electron chi connectivity index (χ2n) is 12.0. The average Bonchev–Trinajstić information content (AvgIpc) is 3.19. The Labute approximate surface area is 286 Å². The number of hydrogen-bond acceptors (Lipinski definition) is 4. The summed E-state index contributed by atoms with van der Waals surface area (Å²) in [6.45, 7) is 2.03. The van der Waals surface area contributed by atoms with Crippen molar-refractivity contribution in [3.63, 3.8) is 0 Å². The Kier molecular flexibility index (Phi) is 8.11. The van der Waals surface area contributed by atoms with E-state index < -0.39 is 0 Å². The molecule has 0 spiro atoms. The number of rotatable bonds is 7. The van der Waals surface area contributed by atoms with Gasteiger partial charge in [-0.3, -0.25) is 4.98 Å². The van der Waals surface area contributed by atoms with Gasteiger partial charge in [-0.2, -0.15) is 0 Å². The molecule has 0 N–H and O–H groups in total. The van der Waals surface area contributed by atoms with E-state index in [-0.39, 0.29) is 0 Å². The molecule has 6 aromatic carbocycles. The van der Waals surface area contributed by atoms with E-state index in [0.29, 0.717) is 17.5 Å². The minimum absolute atomic E-state index is 0.621. The number of aromatic nitrogens is 4. The Morgan fingerprint density at radius 1 is 0.265 bits per heavy atom. The molecule has 232 valence electrons. The monoisotopic (exact) mass is 628 g/mol. The molecule has 0 aliphatic carbocycles. The first kappa shape index (κ1) is 29.9. The molecule has 49 heavy (non-hydrogen) atoms. The summed E-state index contributed by atoms with van der Waals surface area (Å²) in [7, 11) is 0. The maximum absolute atomic E-state index is 5.01. The molecule has 0 amide bonds. The molecule has 8 aromatic rings. The van der Waals surface area contributed by atoms with E-state index in [0.717, 1.165) is 55.9 Å². The van der Waals surface area contributed by atoms with E-state index in [1.54, 1.807) is 0 Å². The van der Waals surface area contributed by atoms with Gasteiger partial charge in [-0.25, -0.2) is 15.0 Å². The van der Waals surface area contributed by atoms with Gasteiger partial charge in [0.15, 0.2) is 17.5 Å². The van der Waals surface area contributed by atoms with Crippen LogP contribution < -0.4 is 0 Å². The van der Waals surface area contributed by atoms with Crippen molar-refractivity contribution < 1.29 is 0 Å². The predicted molar refractivity (Wildman–Crippen MR) is 200 cm³/mol.